The number of amides is 4. The predicted molar refractivity (Wildman–Crippen MR) is 73.4 cm³/mol. The van der Waals surface area contributed by atoms with Crippen molar-refractivity contribution in [2.24, 2.45) is 5.41 Å². The number of carbonyl (C=O) groups is 4. The zero-order valence-corrected chi connectivity index (χ0v) is 12.5. The van der Waals surface area contributed by atoms with Gasteiger partial charge < -0.3 is 14.9 Å². The molecule has 0 aromatic rings. The summed E-state index contributed by atoms with van der Waals surface area (Å²) < 4.78 is 0. The molecule has 0 bridgehead atoms. The number of rotatable bonds is 3. The van der Waals surface area contributed by atoms with E-state index >= 15 is 0 Å². The number of likely N-dealkylation sites (N-methyl/N-ethyl adjacent to an activating group) is 1. The lowest BCUT2D eigenvalue weighted by Gasteiger charge is -2.22. The molecule has 0 atom stereocenters. The van der Waals surface area contributed by atoms with E-state index in [2.05, 4.69) is 5.32 Å². The minimum absolute atomic E-state index is 0.0854. The van der Waals surface area contributed by atoms with Crippen LogP contribution in [0.1, 0.15) is 26.7 Å². The fraction of sp³-hybridized carbons (Fsp3) is 0.692. The Balaban J connectivity index is 2.58. The molecule has 0 aliphatic carbocycles. The topological polar surface area (TPSA) is 107 Å². The van der Waals surface area contributed by atoms with Crippen LogP contribution in [0.4, 0.5) is 4.79 Å². The second kappa shape index (κ2) is 6.55. The summed E-state index contributed by atoms with van der Waals surface area (Å²) in [4.78, 5) is 49.1. The smallest absolute Gasteiger partial charge is 0.324 e. The summed E-state index contributed by atoms with van der Waals surface area (Å²) >= 11 is 0. The lowest BCUT2D eigenvalue weighted by molar-refractivity contribution is -0.149. The van der Waals surface area contributed by atoms with E-state index in [9.17, 15) is 19.2 Å². The zero-order chi connectivity index (χ0) is 16.2. The molecule has 1 aliphatic rings. The third kappa shape index (κ3) is 4.73. The van der Waals surface area contributed by atoms with Gasteiger partial charge in [0.1, 0.15) is 6.54 Å². The summed E-state index contributed by atoms with van der Waals surface area (Å²) in [6, 6.07) is -0.662. The van der Waals surface area contributed by atoms with Crippen LogP contribution in [0.3, 0.4) is 0 Å². The summed E-state index contributed by atoms with van der Waals surface area (Å²) in [6.07, 6.45) is 0.320. The number of carboxylic acids is 1. The van der Waals surface area contributed by atoms with Gasteiger partial charge in [0.05, 0.1) is 5.41 Å². The number of carbonyl (C=O) groups excluding carboxylic acids is 3. The normalized spacial score (nSPS) is 16.4. The van der Waals surface area contributed by atoms with Crippen LogP contribution in [0, 0.1) is 5.41 Å². The van der Waals surface area contributed by atoms with Gasteiger partial charge >= 0.3 is 12.0 Å². The van der Waals surface area contributed by atoms with Gasteiger partial charge in [0.15, 0.2) is 0 Å². The van der Waals surface area contributed by atoms with Gasteiger partial charge in [-0.15, -0.1) is 0 Å². The van der Waals surface area contributed by atoms with Crippen LogP contribution in [0.5, 0.6) is 0 Å². The molecule has 0 unspecified atom stereocenters. The summed E-state index contributed by atoms with van der Waals surface area (Å²) in [7, 11) is 1.66. The van der Waals surface area contributed by atoms with Crippen LogP contribution in [0.25, 0.3) is 0 Å². The number of hydrogen-bond donors (Lipinski definition) is 2. The Morgan fingerprint density at radius 2 is 1.90 bits per heavy atom. The molecule has 0 aromatic heterocycles. The molecule has 1 saturated heterocycles. The third-order valence-electron chi connectivity index (χ3n) is 3.39. The highest BCUT2D eigenvalue weighted by molar-refractivity contribution is 5.97. The number of nitrogens with zero attached hydrogens (tertiary/aromatic N) is 2. The molecule has 2 N–H and O–H groups in total. The lowest BCUT2D eigenvalue weighted by atomic mass is 9.89. The number of urea groups is 1. The molecule has 118 valence electrons. The molecule has 8 nitrogen and oxygen atoms in total. The fourth-order valence-electron chi connectivity index (χ4n) is 1.88. The Bertz CT molecular complexity index is 461. The molecule has 21 heavy (non-hydrogen) atoms. The second-order valence-electron chi connectivity index (χ2n) is 5.81. The largest absolute Gasteiger partial charge is 0.481 e. The van der Waals surface area contributed by atoms with Crippen molar-refractivity contribution in [2.75, 3.05) is 26.7 Å². The van der Waals surface area contributed by atoms with Crippen molar-refractivity contribution in [3.63, 3.8) is 0 Å². The Morgan fingerprint density at radius 3 is 2.48 bits per heavy atom. The highest BCUT2D eigenvalue weighted by Crippen LogP contribution is 2.20. The van der Waals surface area contributed by atoms with Crippen LogP contribution in [0.15, 0.2) is 0 Å². The maximum atomic E-state index is 11.9. The molecule has 0 saturated carbocycles. The highest BCUT2D eigenvalue weighted by Gasteiger charge is 2.31. The van der Waals surface area contributed by atoms with Gasteiger partial charge in [-0.2, -0.15) is 0 Å². The first-order valence-corrected chi connectivity index (χ1v) is 6.69. The van der Waals surface area contributed by atoms with Gasteiger partial charge in [0.25, 0.3) is 0 Å². The Labute approximate surface area is 123 Å². The van der Waals surface area contributed by atoms with Crippen molar-refractivity contribution in [1.29, 1.82) is 0 Å². The third-order valence-corrected chi connectivity index (χ3v) is 3.39. The second-order valence-corrected chi connectivity index (χ2v) is 5.81. The van der Waals surface area contributed by atoms with Crippen molar-refractivity contribution in [3.8, 4) is 0 Å². The number of carboxylic acid groups (broad SMARTS) is 1. The van der Waals surface area contributed by atoms with Crippen LogP contribution in [-0.4, -0.2) is 65.4 Å². The van der Waals surface area contributed by atoms with Gasteiger partial charge in [0.2, 0.25) is 11.8 Å². The van der Waals surface area contributed by atoms with E-state index in [1.54, 1.807) is 7.05 Å². The number of imide groups is 1. The molecule has 1 aliphatic heterocycles. The molecule has 0 radical (unpaired) electrons. The van der Waals surface area contributed by atoms with Crippen LogP contribution >= 0.6 is 0 Å². The van der Waals surface area contributed by atoms with E-state index in [1.165, 1.54) is 23.6 Å². The SMILES string of the molecule is CN1CCCN(C(=O)NC(=O)CC(C)(C)C(=O)O)CC1=O. The number of nitrogens with one attached hydrogen (secondary N) is 1. The number of hydrogen-bond acceptors (Lipinski definition) is 4. The van der Waals surface area contributed by atoms with Gasteiger partial charge in [-0.25, -0.2) is 4.79 Å². The van der Waals surface area contributed by atoms with E-state index in [1.807, 2.05) is 0 Å². The molecule has 0 aromatic carbocycles. The molecule has 8 heteroatoms. The van der Waals surface area contributed by atoms with Crippen LogP contribution in [0.2, 0.25) is 0 Å². The molecule has 4 amide bonds. The maximum Gasteiger partial charge on any atom is 0.324 e. The monoisotopic (exact) mass is 299 g/mol. The Kier molecular flexibility index (Phi) is 5.28. The average molecular weight is 299 g/mol. The van der Waals surface area contributed by atoms with E-state index in [0.717, 1.165) is 0 Å². The zero-order valence-electron chi connectivity index (χ0n) is 12.5. The van der Waals surface area contributed by atoms with Gasteiger partial charge in [0, 0.05) is 26.6 Å². The molecule has 1 fully saturated rings. The van der Waals surface area contributed by atoms with Crippen molar-refractivity contribution < 1.29 is 24.3 Å². The first kappa shape index (κ1) is 16.9. The van der Waals surface area contributed by atoms with Gasteiger partial charge in [-0.1, -0.05) is 0 Å². The van der Waals surface area contributed by atoms with Crippen LogP contribution < -0.4 is 5.32 Å². The average Bonchev–Trinajstić information content (AvgIpc) is 2.51. The molecule has 1 heterocycles. The van der Waals surface area contributed by atoms with E-state index in [0.29, 0.717) is 19.5 Å². The summed E-state index contributed by atoms with van der Waals surface area (Å²) in [5, 5.41) is 11.1. The molecular formula is C13H21N3O5. The standard InChI is InChI=1S/C13H21N3O5/c1-13(2,11(19)20)7-9(17)14-12(21)16-6-4-5-15(3)10(18)8-16/h4-8H2,1-3H3,(H,19,20)(H,14,17,21). The molecular weight excluding hydrogens is 278 g/mol. The van der Waals surface area contributed by atoms with Crippen molar-refractivity contribution in [3.05, 3.63) is 0 Å². The lowest BCUT2D eigenvalue weighted by Crippen LogP contribution is -2.46. The summed E-state index contributed by atoms with van der Waals surface area (Å²) in [6.45, 7) is 3.66. The van der Waals surface area contributed by atoms with Gasteiger partial charge in [-0.05, 0) is 20.3 Å². The maximum absolute atomic E-state index is 11.9. The van der Waals surface area contributed by atoms with E-state index < -0.39 is 23.3 Å². The fourth-order valence-corrected chi connectivity index (χ4v) is 1.88. The van der Waals surface area contributed by atoms with E-state index in [4.69, 9.17) is 5.11 Å². The predicted octanol–water partition coefficient (Wildman–Crippen LogP) is -0.112. The van der Waals surface area contributed by atoms with E-state index in [-0.39, 0.29) is 18.9 Å². The van der Waals surface area contributed by atoms with Gasteiger partial charge in [-0.3, -0.25) is 19.7 Å². The summed E-state index contributed by atoms with van der Waals surface area (Å²) in [5.41, 5.74) is -1.25. The molecule has 0 spiro atoms. The Hall–Kier alpha value is -2.12. The summed E-state index contributed by atoms with van der Waals surface area (Å²) in [5.74, 6) is -1.98. The minimum Gasteiger partial charge on any atom is -0.481 e. The first-order chi connectivity index (χ1) is 9.63. The first-order valence-electron chi connectivity index (χ1n) is 6.69. The van der Waals surface area contributed by atoms with Crippen molar-refractivity contribution >= 4 is 23.8 Å². The number of aliphatic carboxylic acids is 1. The van der Waals surface area contributed by atoms with Crippen molar-refractivity contribution in [1.82, 2.24) is 15.1 Å². The molecule has 1 rings (SSSR count). The highest BCUT2D eigenvalue weighted by atomic mass is 16.4. The Morgan fingerprint density at radius 1 is 1.29 bits per heavy atom. The van der Waals surface area contributed by atoms with Crippen molar-refractivity contribution in [2.45, 2.75) is 26.7 Å². The quantitative estimate of drug-likeness (QED) is 0.756. The van der Waals surface area contributed by atoms with Crippen LogP contribution in [-0.2, 0) is 14.4 Å². The minimum atomic E-state index is -1.25.